The van der Waals surface area contributed by atoms with E-state index in [2.05, 4.69) is 10.3 Å². The zero-order chi connectivity index (χ0) is 18.8. The number of benzene rings is 1. The lowest BCUT2D eigenvalue weighted by Crippen LogP contribution is -2.32. The smallest absolute Gasteiger partial charge is 0.227 e. The van der Waals surface area contributed by atoms with Crippen LogP contribution in [0, 0.1) is 5.92 Å². The number of anilines is 1. The zero-order valence-corrected chi connectivity index (χ0v) is 15.0. The molecule has 1 unspecified atom stereocenters. The van der Waals surface area contributed by atoms with Crippen molar-refractivity contribution in [3.05, 3.63) is 60.6 Å². The van der Waals surface area contributed by atoms with E-state index in [1.54, 1.807) is 24.1 Å². The third-order valence-electron chi connectivity index (χ3n) is 4.74. The minimum absolute atomic E-state index is 0.0481. The van der Waals surface area contributed by atoms with Crippen molar-refractivity contribution in [2.75, 3.05) is 18.6 Å². The Balaban J connectivity index is 1.38. The number of amides is 2. The lowest BCUT2D eigenvalue weighted by Gasteiger charge is -2.17. The highest BCUT2D eigenvalue weighted by atomic mass is 16.5. The standard InChI is InChI=1S/C20H20N4O3/c1-27-17-7-5-16(6-8-17)24-12-14(10-19(24)25)20(26)21-11-15-13-23-9-3-2-4-18(23)22-15/h2-9,13-14H,10-12H2,1H3,(H,21,26). The number of nitrogens with zero attached hydrogens (tertiary/aromatic N) is 3. The summed E-state index contributed by atoms with van der Waals surface area (Å²) in [6.45, 7) is 0.718. The van der Waals surface area contributed by atoms with Crippen molar-refractivity contribution in [3.8, 4) is 5.75 Å². The van der Waals surface area contributed by atoms with Gasteiger partial charge in [-0.05, 0) is 36.4 Å². The summed E-state index contributed by atoms with van der Waals surface area (Å²) in [5.41, 5.74) is 2.39. The van der Waals surface area contributed by atoms with E-state index in [0.717, 1.165) is 22.8 Å². The van der Waals surface area contributed by atoms with Crippen LogP contribution >= 0.6 is 0 Å². The van der Waals surface area contributed by atoms with Gasteiger partial charge in [-0.3, -0.25) is 9.59 Å². The summed E-state index contributed by atoms with van der Waals surface area (Å²) in [4.78, 5) is 31.0. The molecule has 1 aromatic carbocycles. The molecule has 1 atom stereocenters. The average molecular weight is 364 g/mol. The number of carbonyl (C=O) groups excluding carboxylic acids is 2. The van der Waals surface area contributed by atoms with Crippen LogP contribution in [0.3, 0.4) is 0 Å². The van der Waals surface area contributed by atoms with Crippen LogP contribution in [-0.4, -0.2) is 34.9 Å². The molecule has 1 saturated heterocycles. The number of carbonyl (C=O) groups is 2. The number of hydrogen-bond donors (Lipinski definition) is 1. The molecule has 0 saturated carbocycles. The third-order valence-corrected chi connectivity index (χ3v) is 4.74. The molecule has 7 heteroatoms. The number of nitrogens with one attached hydrogen (secondary N) is 1. The molecule has 0 spiro atoms. The second-order valence-electron chi connectivity index (χ2n) is 6.52. The number of ether oxygens (including phenoxy) is 1. The maximum Gasteiger partial charge on any atom is 0.227 e. The second-order valence-corrected chi connectivity index (χ2v) is 6.52. The first-order chi connectivity index (χ1) is 13.1. The fraction of sp³-hybridized carbons (Fsp3) is 0.250. The number of methoxy groups -OCH3 is 1. The maximum atomic E-state index is 12.5. The summed E-state index contributed by atoms with van der Waals surface area (Å²) < 4.78 is 7.05. The van der Waals surface area contributed by atoms with Crippen LogP contribution in [0.5, 0.6) is 5.75 Å². The number of pyridine rings is 1. The number of hydrogen-bond acceptors (Lipinski definition) is 4. The van der Waals surface area contributed by atoms with Crippen molar-refractivity contribution >= 4 is 23.1 Å². The molecule has 0 aliphatic carbocycles. The minimum Gasteiger partial charge on any atom is -0.497 e. The number of fused-ring (bicyclic) bond motifs is 1. The number of aromatic nitrogens is 2. The second kappa shape index (κ2) is 7.11. The summed E-state index contributed by atoms with van der Waals surface area (Å²) >= 11 is 0. The quantitative estimate of drug-likeness (QED) is 0.751. The topological polar surface area (TPSA) is 75.9 Å². The largest absolute Gasteiger partial charge is 0.497 e. The summed E-state index contributed by atoms with van der Waals surface area (Å²) in [7, 11) is 1.60. The van der Waals surface area contributed by atoms with Gasteiger partial charge in [0.15, 0.2) is 0 Å². The van der Waals surface area contributed by atoms with Gasteiger partial charge in [-0.25, -0.2) is 4.98 Å². The van der Waals surface area contributed by atoms with Gasteiger partial charge in [0, 0.05) is 31.0 Å². The van der Waals surface area contributed by atoms with E-state index in [9.17, 15) is 9.59 Å². The van der Waals surface area contributed by atoms with Crippen molar-refractivity contribution < 1.29 is 14.3 Å². The van der Waals surface area contributed by atoms with Crippen LogP contribution in [0.15, 0.2) is 54.9 Å². The monoisotopic (exact) mass is 364 g/mol. The van der Waals surface area contributed by atoms with Crippen molar-refractivity contribution in [1.82, 2.24) is 14.7 Å². The van der Waals surface area contributed by atoms with Crippen LogP contribution in [0.1, 0.15) is 12.1 Å². The van der Waals surface area contributed by atoms with Crippen LogP contribution in [0.2, 0.25) is 0 Å². The van der Waals surface area contributed by atoms with Crippen LogP contribution in [0.25, 0.3) is 5.65 Å². The predicted molar refractivity (Wildman–Crippen MR) is 100 cm³/mol. The maximum absolute atomic E-state index is 12.5. The van der Waals surface area contributed by atoms with E-state index in [0.29, 0.717) is 13.1 Å². The first-order valence-electron chi connectivity index (χ1n) is 8.79. The van der Waals surface area contributed by atoms with Crippen LogP contribution in [-0.2, 0) is 16.1 Å². The molecule has 0 radical (unpaired) electrons. The van der Waals surface area contributed by atoms with Gasteiger partial charge in [0.05, 0.1) is 25.3 Å². The van der Waals surface area contributed by atoms with E-state index >= 15 is 0 Å². The van der Waals surface area contributed by atoms with Gasteiger partial charge in [0.25, 0.3) is 0 Å². The molecule has 2 aromatic heterocycles. The van der Waals surface area contributed by atoms with Crippen molar-refractivity contribution in [1.29, 1.82) is 0 Å². The van der Waals surface area contributed by atoms with Crippen molar-refractivity contribution in [2.45, 2.75) is 13.0 Å². The Morgan fingerprint density at radius 2 is 2.07 bits per heavy atom. The van der Waals surface area contributed by atoms with Crippen LogP contribution < -0.4 is 15.0 Å². The molecule has 1 aliphatic rings. The summed E-state index contributed by atoms with van der Waals surface area (Å²) in [5, 5.41) is 2.90. The molecule has 0 bridgehead atoms. The van der Waals surface area contributed by atoms with Gasteiger partial charge in [-0.2, -0.15) is 0 Å². The normalized spacial score (nSPS) is 16.7. The number of imidazole rings is 1. The molecule has 4 rings (SSSR count). The number of rotatable bonds is 5. The molecule has 138 valence electrons. The molecule has 3 aromatic rings. The Morgan fingerprint density at radius 3 is 2.81 bits per heavy atom. The molecule has 27 heavy (non-hydrogen) atoms. The Labute approximate surface area is 156 Å². The fourth-order valence-corrected chi connectivity index (χ4v) is 3.29. The Bertz CT molecular complexity index is 947. The van der Waals surface area contributed by atoms with Gasteiger partial charge in [0.2, 0.25) is 11.8 Å². The molecular weight excluding hydrogens is 344 g/mol. The Kier molecular flexibility index (Phi) is 4.50. The lowest BCUT2D eigenvalue weighted by molar-refractivity contribution is -0.126. The molecule has 1 aliphatic heterocycles. The fourth-order valence-electron chi connectivity index (χ4n) is 3.29. The van der Waals surface area contributed by atoms with E-state index in [4.69, 9.17) is 4.74 Å². The summed E-state index contributed by atoms with van der Waals surface area (Å²) in [6, 6.07) is 13.0. The first kappa shape index (κ1) is 17.1. The molecule has 1 N–H and O–H groups in total. The Morgan fingerprint density at radius 1 is 1.26 bits per heavy atom. The predicted octanol–water partition coefficient (Wildman–Crippen LogP) is 2.01. The van der Waals surface area contributed by atoms with Gasteiger partial charge in [-0.1, -0.05) is 6.07 Å². The van der Waals surface area contributed by atoms with E-state index in [1.165, 1.54) is 0 Å². The third kappa shape index (κ3) is 3.48. The van der Waals surface area contributed by atoms with Gasteiger partial charge in [0.1, 0.15) is 11.4 Å². The van der Waals surface area contributed by atoms with E-state index < -0.39 is 0 Å². The molecule has 1 fully saturated rings. The highest BCUT2D eigenvalue weighted by molar-refractivity contribution is 6.00. The van der Waals surface area contributed by atoms with Crippen molar-refractivity contribution in [2.24, 2.45) is 5.92 Å². The summed E-state index contributed by atoms with van der Waals surface area (Å²) in [5.74, 6) is 0.188. The average Bonchev–Trinajstić information content (AvgIpc) is 3.29. The molecule has 7 nitrogen and oxygen atoms in total. The Hall–Kier alpha value is -3.35. The van der Waals surface area contributed by atoms with Gasteiger partial charge < -0.3 is 19.4 Å². The minimum atomic E-state index is -0.364. The molecular formula is C20H20N4O3. The van der Waals surface area contributed by atoms with E-state index in [-0.39, 0.29) is 24.2 Å². The first-order valence-corrected chi connectivity index (χ1v) is 8.79. The lowest BCUT2D eigenvalue weighted by atomic mass is 10.1. The van der Waals surface area contributed by atoms with Crippen molar-refractivity contribution in [3.63, 3.8) is 0 Å². The highest BCUT2D eigenvalue weighted by Gasteiger charge is 2.35. The zero-order valence-electron chi connectivity index (χ0n) is 15.0. The van der Waals surface area contributed by atoms with Crippen LogP contribution in [0.4, 0.5) is 5.69 Å². The SMILES string of the molecule is COc1ccc(N2CC(C(=O)NCc3cn4ccccc4n3)CC2=O)cc1. The van der Waals surface area contributed by atoms with Gasteiger partial charge in [-0.15, -0.1) is 0 Å². The van der Waals surface area contributed by atoms with E-state index in [1.807, 2.05) is 47.1 Å². The summed E-state index contributed by atoms with van der Waals surface area (Å²) in [6.07, 6.45) is 4.01. The molecule has 2 amide bonds. The molecule has 3 heterocycles. The highest BCUT2D eigenvalue weighted by Crippen LogP contribution is 2.27. The van der Waals surface area contributed by atoms with Gasteiger partial charge >= 0.3 is 0 Å².